The lowest BCUT2D eigenvalue weighted by atomic mass is 10.1. The van der Waals surface area contributed by atoms with E-state index in [0.717, 1.165) is 12.0 Å². The van der Waals surface area contributed by atoms with Crippen molar-refractivity contribution in [1.82, 2.24) is 14.7 Å². The number of amides is 1. The number of carbonyl (C=O) groups is 1. The van der Waals surface area contributed by atoms with Gasteiger partial charge in [-0.05, 0) is 31.0 Å². The highest BCUT2D eigenvalue weighted by atomic mass is 35.5. The summed E-state index contributed by atoms with van der Waals surface area (Å²) in [6.45, 7) is 6.00. The lowest BCUT2D eigenvalue weighted by Gasteiger charge is -2.19. The van der Waals surface area contributed by atoms with Crippen LogP contribution in [0.25, 0.3) is 0 Å². The highest BCUT2D eigenvalue weighted by Crippen LogP contribution is 2.37. The largest absolute Gasteiger partial charge is 0.490 e. The van der Waals surface area contributed by atoms with Crippen molar-refractivity contribution in [2.45, 2.75) is 33.4 Å². The van der Waals surface area contributed by atoms with Gasteiger partial charge in [-0.3, -0.25) is 9.48 Å². The molecule has 3 aromatic rings. The Bertz CT molecular complexity index is 1000. The Balaban J connectivity index is 1.71. The van der Waals surface area contributed by atoms with E-state index in [0.29, 0.717) is 48.4 Å². The summed E-state index contributed by atoms with van der Waals surface area (Å²) in [6.07, 6.45) is 4.59. The van der Waals surface area contributed by atoms with Crippen LogP contribution in [0.1, 0.15) is 41.8 Å². The third-order valence-corrected chi connectivity index (χ3v) is 4.93. The van der Waals surface area contributed by atoms with E-state index in [2.05, 4.69) is 17.2 Å². The highest BCUT2D eigenvalue weighted by molar-refractivity contribution is 6.32. The minimum absolute atomic E-state index is 0.152. The van der Waals surface area contributed by atoms with E-state index in [9.17, 15) is 4.79 Å². The number of nitrogens with zero attached hydrogens (tertiary/aromatic N) is 3. The standard InChI is InChI=1S/C24H28ClN3O3/c1-4-11-31-23-21(25)12-20(13-22(23)30-5-2)24(29)27(3)15-19-14-26-28(17-19)16-18-9-7-6-8-10-18/h6-10,12-14,17H,4-5,11,15-16H2,1-3H3. The van der Waals surface area contributed by atoms with E-state index in [1.165, 1.54) is 5.56 Å². The molecule has 31 heavy (non-hydrogen) atoms. The normalized spacial score (nSPS) is 10.7. The fourth-order valence-electron chi connectivity index (χ4n) is 3.21. The molecule has 3 rings (SSSR count). The van der Waals surface area contributed by atoms with Gasteiger partial charge in [-0.15, -0.1) is 0 Å². The van der Waals surface area contributed by atoms with Gasteiger partial charge in [0, 0.05) is 30.9 Å². The fourth-order valence-corrected chi connectivity index (χ4v) is 3.47. The first kappa shape index (κ1) is 22.7. The molecular weight excluding hydrogens is 414 g/mol. The second kappa shape index (κ2) is 10.9. The molecule has 1 aromatic heterocycles. The van der Waals surface area contributed by atoms with Crippen molar-refractivity contribution in [2.24, 2.45) is 0 Å². The number of ether oxygens (including phenoxy) is 2. The molecular formula is C24H28ClN3O3. The van der Waals surface area contributed by atoms with Crippen molar-refractivity contribution in [3.63, 3.8) is 0 Å². The fraction of sp³-hybridized carbons (Fsp3) is 0.333. The summed E-state index contributed by atoms with van der Waals surface area (Å²) in [6, 6.07) is 13.4. The minimum atomic E-state index is -0.152. The van der Waals surface area contributed by atoms with Crippen LogP contribution in [0.5, 0.6) is 11.5 Å². The SMILES string of the molecule is CCCOc1c(Cl)cc(C(=O)N(C)Cc2cnn(Cc3ccccc3)c2)cc1OCC. The van der Waals surface area contributed by atoms with Crippen molar-refractivity contribution < 1.29 is 14.3 Å². The smallest absolute Gasteiger partial charge is 0.254 e. The Morgan fingerprint density at radius 2 is 1.90 bits per heavy atom. The van der Waals surface area contributed by atoms with E-state index in [1.54, 1.807) is 30.3 Å². The number of rotatable bonds is 10. The molecule has 0 radical (unpaired) electrons. The van der Waals surface area contributed by atoms with Crippen molar-refractivity contribution >= 4 is 17.5 Å². The summed E-state index contributed by atoms with van der Waals surface area (Å²) in [5.41, 5.74) is 2.58. The lowest BCUT2D eigenvalue weighted by molar-refractivity contribution is 0.0784. The summed E-state index contributed by atoms with van der Waals surface area (Å²) in [5.74, 6) is 0.809. The van der Waals surface area contributed by atoms with Gasteiger partial charge in [0.15, 0.2) is 11.5 Å². The molecule has 0 unspecified atom stereocenters. The van der Waals surface area contributed by atoms with Gasteiger partial charge in [-0.25, -0.2) is 0 Å². The molecule has 0 aliphatic carbocycles. The molecule has 0 aliphatic heterocycles. The Labute approximate surface area is 188 Å². The van der Waals surface area contributed by atoms with Crippen LogP contribution in [0.3, 0.4) is 0 Å². The van der Waals surface area contributed by atoms with Gasteiger partial charge in [0.05, 0.1) is 31.0 Å². The number of hydrogen-bond acceptors (Lipinski definition) is 4. The second-order valence-electron chi connectivity index (χ2n) is 7.26. The first-order valence-electron chi connectivity index (χ1n) is 10.4. The topological polar surface area (TPSA) is 56.6 Å². The number of benzene rings is 2. The molecule has 0 bridgehead atoms. The molecule has 1 heterocycles. The maximum atomic E-state index is 13.0. The third kappa shape index (κ3) is 6.01. The molecule has 6 nitrogen and oxygen atoms in total. The predicted octanol–water partition coefficient (Wildman–Crippen LogP) is 5.04. The van der Waals surface area contributed by atoms with E-state index in [1.807, 2.05) is 42.9 Å². The van der Waals surface area contributed by atoms with Crippen LogP contribution in [-0.4, -0.2) is 40.8 Å². The van der Waals surface area contributed by atoms with Crippen molar-refractivity contribution in [3.05, 3.63) is 76.6 Å². The molecule has 0 atom stereocenters. The summed E-state index contributed by atoms with van der Waals surface area (Å²) in [5, 5.41) is 4.78. The Hall–Kier alpha value is -2.99. The number of hydrogen-bond donors (Lipinski definition) is 0. The zero-order valence-corrected chi connectivity index (χ0v) is 18.9. The van der Waals surface area contributed by atoms with Crippen molar-refractivity contribution in [1.29, 1.82) is 0 Å². The molecule has 0 aliphatic rings. The van der Waals surface area contributed by atoms with Gasteiger partial charge in [-0.1, -0.05) is 48.9 Å². The summed E-state index contributed by atoms with van der Waals surface area (Å²) in [4.78, 5) is 14.7. The van der Waals surface area contributed by atoms with Crippen LogP contribution in [0, 0.1) is 0 Å². The van der Waals surface area contributed by atoms with Gasteiger partial charge < -0.3 is 14.4 Å². The lowest BCUT2D eigenvalue weighted by Crippen LogP contribution is -2.26. The zero-order valence-electron chi connectivity index (χ0n) is 18.2. The maximum Gasteiger partial charge on any atom is 0.254 e. The van der Waals surface area contributed by atoms with Gasteiger partial charge in [0.1, 0.15) is 0 Å². The molecule has 7 heteroatoms. The van der Waals surface area contributed by atoms with Crippen LogP contribution >= 0.6 is 11.6 Å². The van der Waals surface area contributed by atoms with Gasteiger partial charge in [-0.2, -0.15) is 5.10 Å². The molecule has 0 N–H and O–H groups in total. The van der Waals surface area contributed by atoms with Gasteiger partial charge in [0.25, 0.3) is 5.91 Å². The van der Waals surface area contributed by atoms with E-state index >= 15 is 0 Å². The number of carbonyl (C=O) groups excluding carboxylic acids is 1. The third-order valence-electron chi connectivity index (χ3n) is 4.65. The second-order valence-corrected chi connectivity index (χ2v) is 7.67. The first-order valence-corrected chi connectivity index (χ1v) is 10.8. The summed E-state index contributed by atoms with van der Waals surface area (Å²) >= 11 is 6.41. The molecule has 2 aromatic carbocycles. The zero-order chi connectivity index (χ0) is 22.2. The van der Waals surface area contributed by atoms with E-state index in [4.69, 9.17) is 21.1 Å². The molecule has 164 valence electrons. The number of aromatic nitrogens is 2. The highest BCUT2D eigenvalue weighted by Gasteiger charge is 2.19. The molecule has 0 fully saturated rings. The molecule has 1 amide bonds. The van der Waals surface area contributed by atoms with Crippen LogP contribution < -0.4 is 9.47 Å². The van der Waals surface area contributed by atoms with Gasteiger partial charge >= 0.3 is 0 Å². The maximum absolute atomic E-state index is 13.0. The summed E-state index contributed by atoms with van der Waals surface area (Å²) < 4.78 is 13.3. The monoisotopic (exact) mass is 441 g/mol. The quantitative estimate of drug-likeness (QED) is 0.442. The first-order chi connectivity index (χ1) is 15.0. The average molecular weight is 442 g/mol. The van der Waals surface area contributed by atoms with Crippen LogP contribution in [0.2, 0.25) is 5.02 Å². The Morgan fingerprint density at radius 1 is 1.13 bits per heavy atom. The molecule has 0 spiro atoms. The van der Waals surface area contributed by atoms with Crippen molar-refractivity contribution in [3.8, 4) is 11.5 Å². The summed E-state index contributed by atoms with van der Waals surface area (Å²) in [7, 11) is 1.76. The Kier molecular flexibility index (Phi) is 7.95. The van der Waals surface area contributed by atoms with Crippen LogP contribution in [-0.2, 0) is 13.1 Å². The van der Waals surface area contributed by atoms with Crippen LogP contribution in [0.4, 0.5) is 0 Å². The van der Waals surface area contributed by atoms with E-state index in [-0.39, 0.29) is 5.91 Å². The number of halogens is 1. The minimum Gasteiger partial charge on any atom is -0.490 e. The predicted molar refractivity (Wildman–Crippen MR) is 122 cm³/mol. The molecule has 0 saturated carbocycles. The van der Waals surface area contributed by atoms with Crippen LogP contribution in [0.15, 0.2) is 54.9 Å². The molecule has 0 saturated heterocycles. The van der Waals surface area contributed by atoms with E-state index < -0.39 is 0 Å². The van der Waals surface area contributed by atoms with Crippen molar-refractivity contribution in [2.75, 3.05) is 20.3 Å². The Morgan fingerprint density at radius 3 is 2.61 bits per heavy atom. The van der Waals surface area contributed by atoms with Gasteiger partial charge in [0.2, 0.25) is 0 Å². The average Bonchev–Trinajstić information content (AvgIpc) is 3.20.